The van der Waals surface area contributed by atoms with Crippen molar-refractivity contribution in [3.05, 3.63) is 24.3 Å². The molecule has 7 heteroatoms. The molecular formula is C37H66O7. The van der Waals surface area contributed by atoms with E-state index in [2.05, 4.69) is 26.0 Å². The van der Waals surface area contributed by atoms with E-state index in [0.717, 1.165) is 83.3 Å². The fraction of sp³-hybridized carbons (Fsp3) is 0.811. The second-order valence-electron chi connectivity index (χ2n) is 11.7. The Morgan fingerprint density at radius 3 is 1.50 bits per heavy atom. The van der Waals surface area contributed by atoms with Crippen LogP contribution in [0.25, 0.3) is 0 Å². The van der Waals surface area contributed by atoms with Crippen LogP contribution in [0.3, 0.4) is 0 Å². The predicted molar refractivity (Wildman–Crippen MR) is 180 cm³/mol. The molecule has 0 aromatic carbocycles. The van der Waals surface area contributed by atoms with Gasteiger partial charge in [-0.25, -0.2) is 0 Å². The van der Waals surface area contributed by atoms with E-state index in [0.29, 0.717) is 45.9 Å². The lowest BCUT2D eigenvalue weighted by Crippen LogP contribution is -2.22. The van der Waals surface area contributed by atoms with Gasteiger partial charge in [-0.15, -0.1) is 0 Å². The number of hydrogen-bond acceptors (Lipinski definition) is 7. The summed E-state index contributed by atoms with van der Waals surface area (Å²) >= 11 is 0. The Kier molecular flexibility index (Phi) is 33.9. The summed E-state index contributed by atoms with van der Waals surface area (Å²) in [6.07, 6.45) is 31.1. The summed E-state index contributed by atoms with van der Waals surface area (Å²) in [6.45, 7) is 6.61. The van der Waals surface area contributed by atoms with E-state index in [1.54, 1.807) is 0 Å². The molecule has 7 nitrogen and oxygen atoms in total. The smallest absolute Gasteiger partial charge is 0.306 e. The first kappa shape index (κ1) is 42.0. The fourth-order valence-electron chi connectivity index (χ4n) is 4.64. The zero-order valence-electron chi connectivity index (χ0n) is 28.4. The molecule has 0 aromatic heterocycles. The maximum Gasteiger partial charge on any atom is 0.306 e. The number of allylic oxidation sites excluding steroid dienone is 2. The quantitative estimate of drug-likeness (QED) is 0.0306. The Labute approximate surface area is 269 Å². The van der Waals surface area contributed by atoms with Gasteiger partial charge in [0.05, 0.1) is 6.61 Å². The summed E-state index contributed by atoms with van der Waals surface area (Å²) in [6, 6.07) is 0. The van der Waals surface area contributed by atoms with Crippen LogP contribution < -0.4 is 0 Å². The molecule has 0 aliphatic heterocycles. The highest BCUT2D eigenvalue weighted by atomic mass is 16.5. The van der Waals surface area contributed by atoms with E-state index in [1.807, 2.05) is 12.2 Å². The summed E-state index contributed by atoms with van der Waals surface area (Å²) in [5, 5.41) is 0. The van der Waals surface area contributed by atoms with Gasteiger partial charge in [0.1, 0.15) is 19.3 Å². The highest BCUT2D eigenvalue weighted by molar-refractivity contribution is 5.69. The van der Waals surface area contributed by atoms with Gasteiger partial charge in [-0.1, -0.05) is 115 Å². The monoisotopic (exact) mass is 622 g/mol. The Hall–Kier alpha value is -1.99. The molecule has 0 spiro atoms. The van der Waals surface area contributed by atoms with Gasteiger partial charge in [0, 0.05) is 26.1 Å². The van der Waals surface area contributed by atoms with Crippen LogP contribution in [-0.4, -0.2) is 57.4 Å². The number of carbonyl (C=O) groups is 3. The minimum absolute atomic E-state index is 0.118. The van der Waals surface area contributed by atoms with Crippen molar-refractivity contribution < 1.29 is 33.3 Å². The highest BCUT2D eigenvalue weighted by Gasteiger charge is 2.08. The third kappa shape index (κ3) is 32.9. The van der Waals surface area contributed by atoms with Crippen molar-refractivity contribution in [1.82, 2.24) is 0 Å². The van der Waals surface area contributed by atoms with Gasteiger partial charge in [0.25, 0.3) is 0 Å². The summed E-state index contributed by atoms with van der Waals surface area (Å²) in [5.41, 5.74) is 0. The van der Waals surface area contributed by atoms with E-state index in [9.17, 15) is 14.4 Å². The summed E-state index contributed by atoms with van der Waals surface area (Å²) in [4.78, 5) is 34.9. The zero-order valence-corrected chi connectivity index (χ0v) is 28.4. The molecule has 0 fully saturated rings. The number of esters is 2. The number of rotatable bonds is 34. The van der Waals surface area contributed by atoms with E-state index in [-0.39, 0.29) is 11.9 Å². The molecule has 0 bridgehead atoms. The van der Waals surface area contributed by atoms with Crippen LogP contribution >= 0.6 is 0 Å². The minimum atomic E-state index is -0.517. The maximum atomic E-state index is 11.8. The molecule has 0 amide bonds. The summed E-state index contributed by atoms with van der Waals surface area (Å²) < 4.78 is 21.8. The van der Waals surface area contributed by atoms with Crippen LogP contribution in [0.4, 0.5) is 0 Å². The van der Waals surface area contributed by atoms with Crippen LogP contribution in [0.5, 0.6) is 0 Å². The minimum Gasteiger partial charge on any atom is -0.461 e. The Morgan fingerprint density at radius 2 is 1.00 bits per heavy atom. The van der Waals surface area contributed by atoms with Gasteiger partial charge in [-0.3, -0.25) is 9.59 Å². The number of carbonyl (C=O) groups excluding carboxylic acids is 3. The molecule has 0 heterocycles. The molecule has 0 saturated heterocycles. The van der Waals surface area contributed by atoms with Crippen molar-refractivity contribution in [2.24, 2.45) is 0 Å². The van der Waals surface area contributed by atoms with Crippen molar-refractivity contribution >= 4 is 18.2 Å². The molecule has 1 unspecified atom stereocenters. The predicted octanol–water partition coefficient (Wildman–Crippen LogP) is 9.41. The SMILES string of the molecule is CCCCCC/C=C\COC(=O)CCCCCCCOCC(C=O)OCCCCCCCC(=O)OC/C=C\CCCCCC. The van der Waals surface area contributed by atoms with Crippen LogP contribution in [-0.2, 0) is 33.3 Å². The van der Waals surface area contributed by atoms with Gasteiger partial charge in [0.15, 0.2) is 6.29 Å². The second-order valence-corrected chi connectivity index (χ2v) is 11.7. The molecular weight excluding hydrogens is 556 g/mol. The fourth-order valence-corrected chi connectivity index (χ4v) is 4.64. The van der Waals surface area contributed by atoms with E-state index in [1.165, 1.54) is 51.4 Å². The molecule has 0 N–H and O–H groups in total. The molecule has 0 aliphatic carbocycles. The maximum absolute atomic E-state index is 11.8. The molecule has 0 aliphatic rings. The topological polar surface area (TPSA) is 88.1 Å². The van der Waals surface area contributed by atoms with E-state index >= 15 is 0 Å². The van der Waals surface area contributed by atoms with E-state index < -0.39 is 6.10 Å². The number of hydrogen-bond donors (Lipinski definition) is 0. The zero-order chi connectivity index (χ0) is 32.2. The molecule has 0 saturated carbocycles. The third-order valence-corrected chi connectivity index (χ3v) is 7.42. The Bertz CT molecular complexity index is 704. The lowest BCUT2D eigenvalue weighted by Gasteiger charge is -2.12. The molecule has 0 rings (SSSR count). The number of ether oxygens (including phenoxy) is 4. The highest BCUT2D eigenvalue weighted by Crippen LogP contribution is 2.09. The van der Waals surface area contributed by atoms with Crippen molar-refractivity contribution in [2.75, 3.05) is 33.0 Å². The number of aldehydes is 1. The van der Waals surface area contributed by atoms with Crippen LogP contribution in [0.2, 0.25) is 0 Å². The first-order valence-electron chi connectivity index (χ1n) is 17.9. The van der Waals surface area contributed by atoms with Crippen molar-refractivity contribution in [1.29, 1.82) is 0 Å². The van der Waals surface area contributed by atoms with Crippen molar-refractivity contribution in [2.45, 2.75) is 161 Å². The summed E-state index contributed by atoms with van der Waals surface area (Å²) in [7, 11) is 0. The Morgan fingerprint density at radius 1 is 0.545 bits per heavy atom. The molecule has 0 aromatic rings. The van der Waals surface area contributed by atoms with Crippen molar-refractivity contribution in [3.8, 4) is 0 Å². The Balaban J connectivity index is 3.48. The van der Waals surface area contributed by atoms with Crippen LogP contribution in [0.15, 0.2) is 24.3 Å². The third-order valence-electron chi connectivity index (χ3n) is 7.42. The van der Waals surface area contributed by atoms with Crippen LogP contribution in [0.1, 0.15) is 155 Å². The van der Waals surface area contributed by atoms with Gasteiger partial charge in [-0.2, -0.15) is 0 Å². The van der Waals surface area contributed by atoms with Crippen LogP contribution in [0, 0.1) is 0 Å². The van der Waals surface area contributed by atoms with Gasteiger partial charge < -0.3 is 23.7 Å². The average molecular weight is 623 g/mol. The first-order valence-corrected chi connectivity index (χ1v) is 17.9. The number of unbranched alkanes of at least 4 members (excludes halogenated alkanes) is 16. The molecule has 0 radical (unpaired) electrons. The average Bonchev–Trinajstić information content (AvgIpc) is 3.02. The van der Waals surface area contributed by atoms with Gasteiger partial charge >= 0.3 is 11.9 Å². The largest absolute Gasteiger partial charge is 0.461 e. The molecule has 256 valence electrons. The van der Waals surface area contributed by atoms with E-state index in [4.69, 9.17) is 18.9 Å². The van der Waals surface area contributed by atoms with Gasteiger partial charge in [-0.05, 0) is 51.4 Å². The van der Waals surface area contributed by atoms with Gasteiger partial charge in [0.2, 0.25) is 0 Å². The summed E-state index contributed by atoms with van der Waals surface area (Å²) in [5.74, 6) is -0.241. The lowest BCUT2D eigenvalue weighted by molar-refractivity contribution is -0.143. The normalized spacial score (nSPS) is 12.2. The second kappa shape index (κ2) is 35.5. The standard InChI is InChI=1S/C37H66O7/c1-3-5-7-9-11-18-25-31-43-36(39)27-21-15-13-17-23-29-41-34-35(33-38)42-30-24-20-14-16-22-28-37(40)44-32-26-19-12-10-8-6-4-2/h18-19,25-26,33,35H,3-17,20-24,27-32,34H2,1-2H3/b25-18-,26-19-. The first-order chi connectivity index (χ1) is 21.6. The molecule has 44 heavy (non-hydrogen) atoms. The van der Waals surface area contributed by atoms with Crippen molar-refractivity contribution in [3.63, 3.8) is 0 Å². The molecule has 1 atom stereocenters. The lowest BCUT2D eigenvalue weighted by atomic mass is 10.1.